The Morgan fingerprint density at radius 1 is 1.62 bits per heavy atom. The van der Waals surface area contributed by atoms with Crippen molar-refractivity contribution in [2.45, 2.75) is 12.5 Å². The third-order valence-corrected chi connectivity index (χ3v) is 3.23. The van der Waals surface area contributed by atoms with Crippen molar-refractivity contribution in [3.63, 3.8) is 0 Å². The molecule has 0 saturated carbocycles. The van der Waals surface area contributed by atoms with Gasteiger partial charge in [-0.25, -0.2) is 4.79 Å². The van der Waals surface area contributed by atoms with E-state index >= 15 is 0 Å². The van der Waals surface area contributed by atoms with E-state index in [-0.39, 0.29) is 6.04 Å². The van der Waals surface area contributed by atoms with Crippen molar-refractivity contribution in [1.29, 1.82) is 0 Å². The lowest BCUT2D eigenvalue weighted by atomic mass is 10.00. The van der Waals surface area contributed by atoms with Crippen LogP contribution < -0.4 is 11.1 Å². The van der Waals surface area contributed by atoms with Crippen LogP contribution in [0, 0.1) is 0 Å². The van der Waals surface area contributed by atoms with Crippen molar-refractivity contribution in [3.05, 3.63) is 48.7 Å². The lowest BCUT2D eigenvalue weighted by molar-refractivity contribution is 0.190. The molecular formula is C15H18N4O2. The monoisotopic (exact) mass is 286 g/mol. The summed E-state index contributed by atoms with van der Waals surface area (Å²) in [5.74, 6) is 0. The molecule has 6 heteroatoms. The summed E-state index contributed by atoms with van der Waals surface area (Å²) >= 11 is 0. The fourth-order valence-corrected chi connectivity index (χ4v) is 2.30. The van der Waals surface area contributed by atoms with Gasteiger partial charge in [-0.15, -0.1) is 6.58 Å². The number of aromatic nitrogens is 2. The second kappa shape index (κ2) is 6.13. The molecule has 0 fully saturated rings. The van der Waals surface area contributed by atoms with E-state index in [4.69, 9.17) is 10.8 Å². The zero-order valence-corrected chi connectivity index (χ0v) is 11.8. The summed E-state index contributed by atoms with van der Waals surface area (Å²) in [4.78, 5) is 10.9. The first-order chi connectivity index (χ1) is 10.0. The molecule has 2 aromatic rings. The van der Waals surface area contributed by atoms with E-state index in [9.17, 15) is 4.79 Å². The largest absolute Gasteiger partial charge is 0.465 e. The summed E-state index contributed by atoms with van der Waals surface area (Å²) in [7, 11) is 1.81. The number of hydrogen-bond acceptors (Lipinski definition) is 3. The van der Waals surface area contributed by atoms with E-state index in [1.807, 2.05) is 31.3 Å². The minimum Gasteiger partial charge on any atom is -0.465 e. The standard InChI is InChI=1S/C15H18N4O2/c1-3-5-13(18-15(20)21)10-6-4-7-11(8-10)14-12(16)9-17-19(14)2/h3-4,6-9,13,18H,1,5,16H2,2H3,(H,20,21). The van der Waals surface area contributed by atoms with Crippen molar-refractivity contribution in [3.8, 4) is 11.3 Å². The number of carbonyl (C=O) groups is 1. The zero-order valence-electron chi connectivity index (χ0n) is 11.8. The Bertz CT molecular complexity index is 644. The van der Waals surface area contributed by atoms with Gasteiger partial charge in [-0.1, -0.05) is 24.3 Å². The molecule has 0 radical (unpaired) electrons. The molecule has 1 atom stereocenters. The highest BCUT2D eigenvalue weighted by molar-refractivity contribution is 5.73. The summed E-state index contributed by atoms with van der Waals surface area (Å²) in [5.41, 5.74) is 9.08. The number of amides is 1. The molecular weight excluding hydrogens is 268 g/mol. The van der Waals surface area contributed by atoms with Crippen molar-refractivity contribution >= 4 is 11.8 Å². The third kappa shape index (κ3) is 3.22. The number of carboxylic acid groups (broad SMARTS) is 1. The Kier molecular flexibility index (Phi) is 4.27. The summed E-state index contributed by atoms with van der Waals surface area (Å²) in [6.07, 6.45) is 2.73. The molecule has 0 aliphatic heterocycles. The van der Waals surface area contributed by atoms with Gasteiger partial charge in [0.15, 0.2) is 0 Å². The lowest BCUT2D eigenvalue weighted by Gasteiger charge is -2.16. The second-order valence-corrected chi connectivity index (χ2v) is 4.72. The van der Waals surface area contributed by atoms with E-state index in [0.29, 0.717) is 12.1 Å². The molecule has 6 nitrogen and oxygen atoms in total. The Morgan fingerprint density at radius 3 is 2.95 bits per heavy atom. The van der Waals surface area contributed by atoms with Crippen LogP contribution in [0.2, 0.25) is 0 Å². The topological polar surface area (TPSA) is 93.2 Å². The molecule has 1 unspecified atom stereocenters. The number of benzene rings is 1. The van der Waals surface area contributed by atoms with Crippen LogP contribution in [-0.2, 0) is 7.05 Å². The molecule has 0 aliphatic rings. The summed E-state index contributed by atoms with van der Waals surface area (Å²) in [5, 5.41) is 15.5. The first-order valence-corrected chi connectivity index (χ1v) is 6.51. The number of rotatable bonds is 5. The van der Waals surface area contributed by atoms with Crippen LogP contribution in [0.1, 0.15) is 18.0 Å². The maximum absolute atomic E-state index is 10.9. The van der Waals surface area contributed by atoms with Crippen molar-refractivity contribution < 1.29 is 9.90 Å². The van der Waals surface area contributed by atoms with Gasteiger partial charge >= 0.3 is 6.09 Å². The van der Waals surface area contributed by atoms with E-state index in [1.165, 1.54) is 0 Å². The fourth-order valence-electron chi connectivity index (χ4n) is 2.30. The number of nitrogens with zero attached hydrogens (tertiary/aromatic N) is 2. The number of nitrogens with two attached hydrogens (primary N) is 1. The van der Waals surface area contributed by atoms with Gasteiger partial charge in [0.2, 0.25) is 0 Å². The van der Waals surface area contributed by atoms with Crippen LogP contribution >= 0.6 is 0 Å². The van der Waals surface area contributed by atoms with Gasteiger partial charge in [0.05, 0.1) is 23.6 Å². The molecule has 1 heterocycles. The molecule has 4 N–H and O–H groups in total. The molecule has 1 aromatic carbocycles. The van der Waals surface area contributed by atoms with Crippen LogP contribution in [0.3, 0.4) is 0 Å². The van der Waals surface area contributed by atoms with Gasteiger partial charge in [0.25, 0.3) is 0 Å². The van der Waals surface area contributed by atoms with Gasteiger partial charge in [-0.2, -0.15) is 5.10 Å². The number of anilines is 1. The smallest absolute Gasteiger partial charge is 0.405 e. The average molecular weight is 286 g/mol. The Morgan fingerprint density at radius 2 is 2.38 bits per heavy atom. The first kappa shape index (κ1) is 14.6. The molecule has 0 spiro atoms. The van der Waals surface area contributed by atoms with Gasteiger partial charge in [-0.3, -0.25) is 4.68 Å². The molecule has 1 amide bonds. The molecule has 21 heavy (non-hydrogen) atoms. The highest BCUT2D eigenvalue weighted by Gasteiger charge is 2.15. The van der Waals surface area contributed by atoms with E-state index < -0.39 is 6.09 Å². The number of nitrogens with one attached hydrogen (secondary N) is 1. The van der Waals surface area contributed by atoms with E-state index in [2.05, 4.69) is 17.0 Å². The highest BCUT2D eigenvalue weighted by atomic mass is 16.4. The summed E-state index contributed by atoms with van der Waals surface area (Å²) in [6.45, 7) is 3.67. The second-order valence-electron chi connectivity index (χ2n) is 4.72. The van der Waals surface area contributed by atoms with Crippen LogP contribution in [0.5, 0.6) is 0 Å². The van der Waals surface area contributed by atoms with E-state index in [0.717, 1.165) is 16.8 Å². The normalized spacial score (nSPS) is 11.9. The van der Waals surface area contributed by atoms with Crippen LogP contribution in [0.25, 0.3) is 11.3 Å². The Hall–Kier alpha value is -2.76. The molecule has 2 rings (SSSR count). The average Bonchev–Trinajstić information content (AvgIpc) is 2.77. The van der Waals surface area contributed by atoms with Crippen LogP contribution in [0.15, 0.2) is 43.1 Å². The van der Waals surface area contributed by atoms with Gasteiger partial charge in [0.1, 0.15) is 0 Å². The zero-order chi connectivity index (χ0) is 15.4. The van der Waals surface area contributed by atoms with Gasteiger partial charge in [-0.05, 0) is 18.1 Å². The van der Waals surface area contributed by atoms with Crippen molar-refractivity contribution in [1.82, 2.24) is 15.1 Å². The summed E-state index contributed by atoms with van der Waals surface area (Å²) < 4.78 is 1.70. The third-order valence-electron chi connectivity index (χ3n) is 3.23. The number of nitrogen functional groups attached to an aromatic ring is 1. The molecule has 1 aromatic heterocycles. The molecule has 0 saturated heterocycles. The minimum absolute atomic E-state index is 0.339. The number of aryl methyl sites for hydroxylation is 1. The predicted octanol–water partition coefficient (Wildman–Crippen LogP) is 2.55. The maximum atomic E-state index is 10.9. The highest BCUT2D eigenvalue weighted by Crippen LogP contribution is 2.28. The van der Waals surface area contributed by atoms with Gasteiger partial charge in [0, 0.05) is 12.6 Å². The SMILES string of the molecule is C=CCC(NC(=O)O)c1cccc(-c2c(N)cnn2C)c1. The van der Waals surface area contributed by atoms with Crippen molar-refractivity contribution in [2.24, 2.45) is 7.05 Å². The van der Waals surface area contributed by atoms with E-state index in [1.54, 1.807) is 17.0 Å². The van der Waals surface area contributed by atoms with Crippen molar-refractivity contribution in [2.75, 3.05) is 5.73 Å². The minimum atomic E-state index is -1.06. The Balaban J connectivity index is 2.40. The molecule has 0 bridgehead atoms. The van der Waals surface area contributed by atoms with Crippen LogP contribution in [0.4, 0.5) is 10.5 Å². The van der Waals surface area contributed by atoms with Crippen LogP contribution in [-0.4, -0.2) is 21.0 Å². The molecule has 110 valence electrons. The van der Waals surface area contributed by atoms with Gasteiger partial charge < -0.3 is 16.2 Å². The lowest BCUT2D eigenvalue weighted by Crippen LogP contribution is -2.26. The number of hydrogen-bond donors (Lipinski definition) is 3. The molecule has 0 aliphatic carbocycles. The summed E-state index contributed by atoms with van der Waals surface area (Å²) in [6, 6.07) is 7.24. The maximum Gasteiger partial charge on any atom is 0.405 e. The fraction of sp³-hybridized carbons (Fsp3) is 0.200. The predicted molar refractivity (Wildman–Crippen MR) is 81.8 cm³/mol. The quantitative estimate of drug-likeness (QED) is 0.736. The Labute approximate surface area is 122 Å². The first-order valence-electron chi connectivity index (χ1n) is 6.51.